The van der Waals surface area contributed by atoms with Gasteiger partial charge in [0.1, 0.15) is 0 Å². The molecule has 24 heavy (non-hydrogen) atoms. The second kappa shape index (κ2) is 10.3. The van der Waals surface area contributed by atoms with Crippen LogP contribution in [-0.2, 0) is 0 Å². The molecule has 138 valence electrons. The minimum absolute atomic E-state index is 0.121. The van der Waals surface area contributed by atoms with Crippen LogP contribution in [0.2, 0.25) is 33.0 Å². The first-order valence-corrected chi connectivity index (χ1v) is 21.1. The molecular weight excluding hydrogens is 418 g/mol. The molecule has 1 aromatic rings. The van der Waals surface area contributed by atoms with Crippen molar-refractivity contribution in [1.82, 2.24) is 0 Å². The summed E-state index contributed by atoms with van der Waals surface area (Å²) in [5.41, 5.74) is 0. The van der Waals surface area contributed by atoms with Gasteiger partial charge in [-0.1, -0.05) is 0 Å². The first-order chi connectivity index (χ1) is 11.3. The molecule has 0 nitrogen and oxygen atoms in total. The second-order valence-electron chi connectivity index (χ2n) is 8.54. The van der Waals surface area contributed by atoms with Gasteiger partial charge in [-0.05, 0) is 0 Å². The molecule has 0 fully saturated rings. The van der Waals surface area contributed by atoms with Crippen molar-refractivity contribution in [2.24, 2.45) is 0 Å². The topological polar surface area (TPSA) is 0 Å². The molecule has 1 rings (SSSR count). The van der Waals surface area contributed by atoms with Crippen LogP contribution in [-0.4, -0.2) is 26.5 Å². The molecule has 0 bridgehead atoms. The Morgan fingerprint density at radius 1 is 0.833 bits per heavy atom. The number of rotatable bonds is 11. The van der Waals surface area contributed by atoms with E-state index in [1.165, 1.54) is 60.6 Å². The van der Waals surface area contributed by atoms with E-state index >= 15 is 4.39 Å². The van der Waals surface area contributed by atoms with Crippen molar-refractivity contribution in [3.63, 3.8) is 0 Å². The van der Waals surface area contributed by atoms with Crippen LogP contribution in [0, 0.1) is 5.82 Å². The second-order valence-corrected chi connectivity index (χ2v) is 26.7. The van der Waals surface area contributed by atoms with E-state index in [2.05, 4.69) is 52.5 Å². The summed E-state index contributed by atoms with van der Waals surface area (Å²) in [6.45, 7) is 14.0. The Morgan fingerprint density at radius 2 is 1.29 bits per heavy atom. The number of hydrogen-bond acceptors (Lipinski definition) is 0. The van der Waals surface area contributed by atoms with E-state index in [0.29, 0.717) is 0 Å². The molecule has 0 aromatic heterocycles. The van der Waals surface area contributed by atoms with Crippen LogP contribution in [0.3, 0.4) is 0 Å². The van der Waals surface area contributed by atoms with Crippen LogP contribution in [0.25, 0.3) is 0 Å². The van der Waals surface area contributed by atoms with Gasteiger partial charge in [-0.2, -0.15) is 0 Å². The average molecular weight is 457 g/mol. The molecule has 0 unspecified atom stereocenters. The molecule has 1 aromatic carbocycles. The Bertz CT molecular complexity index is 471. The molecule has 0 radical (unpaired) electrons. The molecule has 0 saturated carbocycles. The molecule has 0 saturated heterocycles. The van der Waals surface area contributed by atoms with Gasteiger partial charge in [0.2, 0.25) is 0 Å². The van der Waals surface area contributed by atoms with E-state index in [1.807, 2.05) is 0 Å². The van der Waals surface area contributed by atoms with E-state index < -0.39 is 26.5 Å². The Morgan fingerprint density at radius 3 is 1.67 bits per heavy atom. The van der Waals surface area contributed by atoms with Gasteiger partial charge in [-0.25, -0.2) is 0 Å². The molecule has 0 amide bonds. The predicted octanol–water partition coefficient (Wildman–Crippen LogP) is 6.43. The van der Waals surface area contributed by atoms with Crippen molar-refractivity contribution in [1.29, 1.82) is 0 Å². The fraction of sp³-hybridized carbons (Fsp3) is 0.714. The van der Waals surface area contributed by atoms with Gasteiger partial charge in [-0.3, -0.25) is 0 Å². The van der Waals surface area contributed by atoms with E-state index in [9.17, 15) is 0 Å². The van der Waals surface area contributed by atoms with Gasteiger partial charge in [0.15, 0.2) is 0 Å². The fourth-order valence-corrected chi connectivity index (χ4v) is 21.6. The van der Waals surface area contributed by atoms with Gasteiger partial charge in [0.05, 0.1) is 0 Å². The number of hydrogen-bond donors (Lipinski definition) is 0. The number of halogens is 1. The van der Waals surface area contributed by atoms with E-state index in [-0.39, 0.29) is 5.82 Å². The first-order valence-electron chi connectivity index (χ1n) is 10.1. The summed E-state index contributed by atoms with van der Waals surface area (Å²) in [5, 5.41) is 1.45. The van der Waals surface area contributed by atoms with Crippen LogP contribution >= 0.6 is 0 Å². The first kappa shape index (κ1) is 22.2. The van der Waals surface area contributed by atoms with Gasteiger partial charge in [0.25, 0.3) is 0 Å². The molecule has 0 N–H and O–H groups in total. The van der Waals surface area contributed by atoms with Crippen molar-refractivity contribution >= 4 is 35.2 Å². The number of benzene rings is 1. The Kier molecular flexibility index (Phi) is 9.57. The Labute approximate surface area is 155 Å². The predicted molar refractivity (Wildman–Crippen MR) is 114 cm³/mol. The number of unbranched alkanes of at least 4 members (excludes halogenated alkanes) is 3. The molecule has 0 aliphatic heterocycles. The van der Waals surface area contributed by atoms with Crippen molar-refractivity contribution < 1.29 is 4.39 Å². The van der Waals surface area contributed by atoms with E-state index in [0.717, 1.165) is 0 Å². The monoisotopic (exact) mass is 458 g/mol. The van der Waals surface area contributed by atoms with Crippen LogP contribution in [0.4, 0.5) is 4.39 Å². The van der Waals surface area contributed by atoms with Crippen LogP contribution < -0.4 is 8.77 Å². The van der Waals surface area contributed by atoms with Crippen molar-refractivity contribution in [2.75, 3.05) is 0 Å². The zero-order valence-corrected chi connectivity index (χ0v) is 20.8. The van der Waals surface area contributed by atoms with Gasteiger partial charge in [-0.15, -0.1) is 0 Å². The van der Waals surface area contributed by atoms with Crippen LogP contribution in [0.15, 0.2) is 18.2 Å². The summed E-state index contributed by atoms with van der Waals surface area (Å²) in [7, 11) is -1.39. The van der Waals surface area contributed by atoms with E-state index in [4.69, 9.17) is 0 Å². The maximum atomic E-state index is 15.0. The molecular formula is C21H39FSiSn. The quantitative estimate of drug-likeness (QED) is 0.336. The third kappa shape index (κ3) is 6.16. The Hall–Kier alpha value is 0.166. The summed E-state index contributed by atoms with van der Waals surface area (Å²) in [4.78, 5) is 0. The van der Waals surface area contributed by atoms with Gasteiger partial charge < -0.3 is 0 Å². The van der Waals surface area contributed by atoms with Gasteiger partial charge in [0, 0.05) is 0 Å². The zero-order valence-electron chi connectivity index (χ0n) is 17.0. The zero-order chi connectivity index (χ0) is 18.2. The Balaban J connectivity index is 3.38. The normalized spacial score (nSPS) is 12.6. The van der Waals surface area contributed by atoms with Crippen molar-refractivity contribution in [2.45, 2.75) is 92.2 Å². The molecule has 0 heterocycles. The van der Waals surface area contributed by atoms with Crippen LogP contribution in [0.1, 0.15) is 59.3 Å². The summed E-state index contributed by atoms with van der Waals surface area (Å²) in [6.07, 6.45) is 7.60. The molecule has 3 heteroatoms. The molecule has 0 spiro atoms. The molecule has 0 atom stereocenters. The summed E-state index contributed by atoms with van der Waals surface area (Å²) in [6, 6.07) is 6.22. The maximum absolute atomic E-state index is 15.0. The van der Waals surface area contributed by atoms with Crippen molar-refractivity contribution in [3.8, 4) is 0 Å². The molecule has 0 aliphatic rings. The fourth-order valence-electron chi connectivity index (χ4n) is 3.72. The summed E-state index contributed by atoms with van der Waals surface area (Å²) < 4.78 is 20.3. The average Bonchev–Trinajstić information content (AvgIpc) is 2.54. The minimum atomic E-state index is -2.66. The standard InChI is InChI=1S/C9H12FSi.3C4H9.Sn/c1-11(2,3)9-6-4-8(10)5-7-9;3*1-3-4-2;/h4,6-7H,1-3H3;3*1,3-4H2,2H3;. The van der Waals surface area contributed by atoms with Crippen molar-refractivity contribution in [3.05, 3.63) is 24.0 Å². The SMILES string of the molecule is CCC[CH2][Sn]([CH2]CCC)([CH2]CCC)[c]1cc([Si](C)(C)C)ccc1F. The third-order valence-electron chi connectivity index (χ3n) is 5.43. The summed E-state index contributed by atoms with van der Waals surface area (Å²) in [5.74, 6) is 0.121. The van der Waals surface area contributed by atoms with E-state index in [1.54, 1.807) is 6.07 Å². The third-order valence-corrected chi connectivity index (χ3v) is 23.1. The van der Waals surface area contributed by atoms with Gasteiger partial charge >= 0.3 is 156 Å². The molecule has 0 aliphatic carbocycles. The van der Waals surface area contributed by atoms with Crippen LogP contribution in [0.5, 0.6) is 0 Å². The summed E-state index contributed by atoms with van der Waals surface area (Å²) >= 11 is -2.66.